The van der Waals surface area contributed by atoms with Gasteiger partial charge in [0.05, 0.1) is 0 Å². The van der Waals surface area contributed by atoms with E-state index in [4.69, 9.17) is 11.6 Å². The van der Waals surface area contributed by atoms with E-state index in [9.17, 15) is 0 Å². The Hall–Kier alpha value is -0.0500. The monoisotopic (exact) mass is 243 g/mol. The molecule has 1 unspecified atom stereocenters. The summed E-state index contributed by atoms with van der Waals surface area (Å²) in [7, 11) is 0. The van der Waals surface area contributed by atoms with Crippen LogP contribution in [0.15, 0.2) is 11.4 Å². The summed E-state index contributed by atoms with van der Waals surface area (Å²) in [5, 5.41) is 2.68. The third-order valence-corrected chi connectivity index (χ3v) is 4.29. The van der Waals surface area contributed by atoms with Crippen LogP contribution in [0.25, 0.3) is 0 Å². The number of rotatable bonds is 2. The van der Waals surface area contributed by atoms with Crippen LogP contribution in [0.1, 0.15) is 29.7 Å². The smallest absolute Gasteiger partial charge is 0.0348 e. The molecule has 0 saturated carbocycles. The highest BCUT2D eigenvalue weighted by Crippen LogP contribution is 2.19. The molecular weight excluding hydrogens is 226 g/mol. The minimum atomic E-state index is 0.402. The van der Waals surface area contributed by atoms with Crippen LogP contribution in [0.4, 0.5) is 0 Å². The van der Waals surface area contributed by atoms with Crippen molar-refractivity contribution in [3.63, 3.8) is 0 Å². The van der Waals surface area contributed by atoms with Crippen LogP contribution in [-0.4, -0.2) is 23.4 Å². The molecular formula is C12H18ClNS. The van der Waals surface area contributed by atoms with Crippen LogP contribution in [0.5, 0.6) is 0 Å². The zero-order chi connectivity index (χ0) is 10.7. The molecule has 2 rings (SSSR count). The van der Waals surface area contributed by atoms with Crippen molar-refractivity contribution in [1.29, 1.82) is 0 Å². The lowest BCUT2D eigenvalue weighted by Crippen LogP contribution is -2.24. The van der Waals surface area contributed by atoms with Gasteiger partial charge in [-0.3, -0.25) is 4.90 Å². The van der Waals surface area contributed by atoms with Crippen molar-refractivity contribution >= 4 is 22.9 Å². The second kappa shape index (κ2) is 5.33. The largest absolute Gasteiger partial charge is 0.299 e. The number of alkyl halides is 1. The van der Waals surface area contributed by atoms with E-state index in [1.54, 1.807) is 0 Å². The van der Waals surface area contributed by atoms with E-state index >= 15 is 0 Å². The number of aryl methyl sites for hydroxylation is 1. The summed E-state index contributed by atoms with van der Waals surface area (Å²) in [6, 6.07) is 2.30. The number of hydrogen-bond donors (Lipinski definition) is 0. The van der Waals surface area contributed by atoms with Gasteiger partial charge in [-0.2, -0.15) is 0 Å². The fourth-order valence-electron chi connectivity index (χ4n) is 2.11. The molecule has 15 heavy (non-hydrogen) atoms. The van der Waals surface area contributed by atoms with Gasteiger partial charge in [-0.05, 0) is 56.3 Å². The third-order valence-electron chi connectivity index (χ3n) is 2.94. The molecule has 84 valence electrons. The number of nitrogens with zero attached hydrogens (tertiary/aromatic N) is 1. The number of likely N-dealkylation sites (tertiary alicyclic amines) is 1. The maximum Gasteiger partial charge on any atom is 0.0348 e. The van der Waals surface area contributed by atoms with Crippen molar-refractivity contribution in [2.24, 2.45) is 0 Å². The molecule has 1 aromatic rings. The first-order valence-electron chi connectivity index (χ1n) is 5.64. The average molecular weight is 244 g/mol. The maximum absolute atomic E-state index is 6.17. The molecule has 0 radical (unpaired) electrons. The van der Waals surface area contributed by atoms with Crippen molar-refractivity contribution in [1.82, 2.24) is 4.90 Å². The van der Waals surface area contributed by atoms with Gasteiger partial charge >= 0.3 is 0 Å². The van der Waals surface area contributed by atoms with Gasteiger partial charge in [-0.15, -0.1) is 22.9 Å². The maximum atomic E-state index is 6.17. The average Bonchev–Trinajstić information content (AvgIpc) is 2.48. The Bertz CT molecular complexity index is 310. The van der Waals surface area contributed by atoms with Crippen LogP contribution in [0.2, 0.25) is 0 Å². The van der Waals surface area contributed by atoms with Gasteiger partial charge in [-0.25, -0.2) is 0 Å². The summed E-state index contributed by atoms with van der Waals surface area (Å²) < 4.78 is 0. The van der Waals surface area contributed by atoms with E-state index < -0.39 is 0 Å². The first-order valence-corrected chi connectivity index (χ1v) is 6.96. The summed E-state index contributed by atoms with van der Waals surface area (Å²) in [4.78, 5) is 3.94. The zero-order valence-corrected chi connectivity index (χ0v) is 10.8. The van der Waals surface area contributed by atoms with Gasteiger partial charge in [0.1, 0.15) is 0 Å². The molecule has 0 N–H and O–H groups in total. The number of halogens is 1. The van der Waals surface area contributed by atoms with E-state index in [0.29, 0.717) is 5.38 Å². The van der Waals surface area contributed by atoms with Crippen LogP contribution < -0.4 is 0 Å². The SMILES string of the molecule is Cc1cc(CN2CCCC(Cl)CC2)cs1. The summed E-state index contributed by atoms with van der Waals surface area (Å²) in [5.41, 5.74) is 1.46. The number of thiophene rings is 1. The zero-order valence-electron chi connectivity index (χ0n) is 9.21. The summed E-state index contributed by atoms with van der Waals surface area (Å²) in [6.45, 7) is 5.64. The van der Waals surface area contributed by atoms with Crippen molar-refractivity contribution in [2.75, 3.05) is 13.1 Å². The van der Waals surface area contributed by atoms with E-state index in [-0.39, 0.29) is 0 Å². The molecule has 1 aliphatic rings. The molecule has 0 spiro atoms. The molecule has 1 saturated heterocycles. The quantitative estimate of drug-likeness (QED) is 0.717. The molecule has 1 nitrogen and oxygen atoms in total. The Morgan fingerprint density at radius 1 is 1.47 bits per heavy atom. The second-order valence-electron chi connectivity index (χ2n) is 4.37. The molecule has 0 aliphatic carbocycles. The van der Waals surface area contributed by atoms with Crippen molar-refractivity contribution in [3.8, 4) is 0 Å². The summed E-state index contributed by atoms with van der Waals surface area (Å²) >= 11 is 8.01. The molecule has 0 amide bonds. The highest BCUT2D eigenvalue weighted by molar-refractivity contribution is 7.10. The van der Waals surface area contributed by atoms with E-state index in [1.807, 2.05) is 11.3 Å². The van der Waals surface area contributed by atoms with Gasteiger partial charge in [0.15, 0.2) is 0 Å². The lowest BCUT2D eigenvalue weighted by molar-refractivity contribution is 0.277. The predicted octanol–water partition coefficient (Wildman–Crippen LogP) is 3.65. The fraction of sp³-hybridized carbons (Fsp3) is 0.667. The van der Waals surface area contributed by atoms with Crippen molar-refractivity contribution in [3.05, 3.63) is 21.9 Å². The summed E-state index contributed by atoms with van der Waals surface area (Å²) in [5.74, 6) is 0. The Kier molecular flexibility index (Phi) is 4.06. The van der Waals surface area contributed by atoms with Crippen molar-refractivity contribution in [2.45, 2.75) is 38.1 Å². The topological polar surface area (TPSA) is 3.24 Å². The van der Waals surface area contributed by atoms with Crippen LogP contribution in [-0.2, 0) is 6.54 Å². The second-order valence-corrected chi connectivity index (χ2v) is 6.10. The first-order chi connectivity index (χ1) is 7.24. The van der Waals surface area contributed by atoms with Gasteiger partial charge in [0, 0.05) is 16.8 Å². The molecule has 0 aromatic carbocycles. The van der Waals surface area contributed by atoms with E-state index in [1.165, 1.54) is 29.8 Å². The highest BCUT2D eigenvalue weighted by atomic mass is 35.5. The lowest BCUT2D eigenvalue weighted by atomic mass is 10.2. The van der Waals surface area contributed by atoms with Gasteiger partial charge in [0.2, 0.25) is 0 Å². The van der Waals surface area contributed by atoms with Gasteiger partial charge < -0.3 is 0 Å². The van der Waals surface area contributed by atoms with Crippen LogP contribution in [0.3, 0.4) is 0 Å². The molecule has 3 heteroatoms. The molecule has 2 heterocycles. The Balaban J connectivity index is 1.88. The molecule has 0 bridgehead atoms. The van der Waals surface area contributed by atoms with Crippen LogP contribution >= 0.6 is 22.9 Å². The predicted molar refractivity (Wildman–Crippen MR) is 67.8 cm³/mol. The number of hydrogen-bond acceptors (Lipinski definition) is 2. The Labute approximate surface area is 101 Å². The van der Waals surface area contributed by atoms with Crippen LogP contribution in [0, 0.1) is 6.92 Å². The Morgan fingerprint density at radius 3 is 3.07 bits per heavy atom. The molecule has 1 fully saturated rings. The van der Waals surface area contributed by atoms with E-state index in [0.717, 1.165) is 19.5 Å². The normalized spacial score (nSPS) is 24.0. The van der Waals surface area contributed by atoms with Crippen molar-refractivity contribution < 1.29 is 0 Å². The standard InChI is InChI=1S/C12H18ClNS/c1-10-7-11(9-15-10)8-14-5-2-3-12(13)4-6-14/h7,9,12H,2-6,8H2,1H3. The fourth-order valence-corrected chi connectivity index (χ4v) is 3.06. The van der Waals surface area contributed by atoms with Gasteiger partial charge in [-0.1, -0.05) is 0 Å². The first kappa shape index (κ1) is 11.4. The third kappa shape index (κ3) is 3.47. The lowest BCUT2D eigenvalue weighted by Gasteiger charge is -2.18. The molecule has 1 aliphatic heterocycles. The summed E-state index contributed by atoms with van der Waals surface area (Å²) in [6.07, 6.45) is 3.57. The van der Waals surface area contributed by atoms with Gasteiger partial charge in [0.25, 0.3) is 0 Å². The van der Waals surface area contributed by atoms with E-state index in [2.05, 4.69) is 23.3 Å². The minimum absolute atomic E-state index is 0.402. The molecule has 1 aromatic heterocycles. The highest BCUT2D eigenvalue weighted by Gasteiger charge is 2.15. The molecule has 1 atom stereocenters. The minimum Gasteiger partial charge on any atom is -0.299 e. The Morgan fingerprint density at radius 2 is 2.33 bits per heavy atom.